The number of hydrogen-bond acceptors (Lipinski definition) is 3. The van der Waals surface area contributed by atoms with Gasteiger partial charge in [-0.05, 0) is 31.8 Å². The Labute approximate surface area is 73.9 Å². The highest BCUT2D eigenvalue weighted by Gasteiger charge is 2.52. The van der Waals surface area contributed by atoms with Crippen molar-refractivity contribution in [2.24, 2.45) is 5.92 Å². The quantitative estimate of drug-likeness (QED) is 0.629. The van der Waals surface area contributed by atoms with Crippen molar-refractivity contribution in [3.05, 3.63) is 0 Å². The lowest BCUT2D eigenvalue weighted by Crippen LogP contribution is -2.26. The molecule has 2 rings (SSSR count). The van der Waals surface area contributed by atoms with Crippen molar-refractivity contribution in [1.29, 1.82) is 0 Å². The molecule has 0 saturated carbocycles. The van der Waals surface area contributed by atoms with Gasteiger partial charge in [0.25, 0.3) is 0 Å². The standard InChI is InChI=1S/C9H18N2O/c1-7(2)8-9(11(8)12)10-5-3-4-6-10/h7-9,12H,3-6H2,1-2H3. The van der Waals surface area contributed by atoms with Crippen molar-refractivity contribution in [3.63, 3.8) is 0 Å². The zero-order chi connectivity index (χ0) is 8.72. The highest BCUT2D eigenvalue weighted by molar-refractivity contribution is 4.98. The Bertz CT molecular complexity index is 164. The summed E-state index contributed by atoms with van der Waals surface area (Å²) < 4.78 is 0. The van der Waals surface area contributed by atoms with E-state index in [0.29, 0.717) is 18.1 Å². The van der Waals surface area contributed by atoms with Crippen LogP contribution in [-0.4, -0.2) is 40.5 Å². The van der Waals surface area contributed by atoms with Crippen molar-refractivity contribution in [2.75, 3.05) is 13.1 Å². The molecule has 0 radical (unpaired) electrons. The first-order valence-electron chi connectivity index (χ1n) is 4.93. The SMILES string of the molecule is CC(C)C1C(N2CCCC2)N1O. The molecule has 0 aromatic heterocycles. The Morgan fingerprint density at radius 1 is 1.25 bits per heavy atom. The van der Waals surface area contributed by atoms with E-state index in [1.165, 1.54) is 31.0 Å². The van der Waals surface area contributed by atoms with Crippen LogP contribution in [-0.2, 0) is 0 Å². The Hall–Kier alpha value is -0.120. The van der Waals surface area contributed by atoms with E-state index < -0.39 is 0 Å². The van der Waals surface area contributed by atoms with E-state index in [4.69, 9.17) is 0 Å². The van der Waals surface area contributed by atoms with Crippen molar-refractivity contribution in [1.82, 2.24) is 9.96 Å². The molecular formula is C9H18N2O. The van der Waals surface area contributed by atoms with Gasteiger partial charge in [0.15, 0.2) is 0 Å². The summed E-state index contributed by atoms with van der Waals surface area (Å²) in [7, 11) is 0. The van der Waals surface area contributed by atoms with Gasteiger partial charge in [-0.15, -0.1) is 0 Å². The molecule has 0 spiro atoms. The molecule has 2 saturated heterocycles. The van der Waals surface area contributed by atoms with Crippen LogP contribution in [0, 0.1) is 5.92 Å². The number of hydroxylamine groups is 2. The topological polar surface area (TPSA) is 26.5 Å². The molecular weight excluding hydrogens is 152 g/mol. The molecule has 3 nitrogen and oxygen atoms in total. The molecule has 0 aromatic rings. The molecule has 3 unspecified atom stereocenters. The maximum atomic E-state index is 9.51. The number of likely N-dealkylation sites (tertiary alicyclic amines) is 1. The van der Waals surface area contributed by atoms with E-state index in [-0.39, 0.29) is 0 Å². The Morgan fingerprint density at radius 3 is 2.25 bits per heavy atom. The smallest absolute Gasteiger partial charge is 0.105 e. The number of nitrogens with zero attached hydrogens (tertiary/aromatic N) is 2. The van der Waals surface area contributed by atoms with Gasteiger partial charge in [0, 0.05) is 0 Å². The van der Waals surface area contributed by atoms with E-state index in [0.717, 1.165) is 0 Å². The average Bonchev–Trinajstić information content (AvgIpc) is 2.50. The summed E-state index contributed by atoms with van der Waals surface area (Å²) in [4.78, 5) is 2.39. The van der Waals surface area contributed by atoms with Gasteiger partial charge in [0.05, 0.1) is 6.04 Å². The minimum absolute atomic E-state index is 0.340. The fourth-order valence-electron chi connectivity index (χ4n) is 2.26. The molecule has 0 aliphatic carbocycles. The van der Waals surface area contributed by atoms with Gasteiger partial charge < -0.3 is 5.21 Å². The molecule has 0 amide bonds. The van der Waals surface area contributed by atoms with Crippen LogP contribution >= 0.6 is 0 Å². The van der Waals surface area contributed by atoms with Gasteiger partial charge >= 0.3 is 0 Å². The molecule has 1 N–H and O–H groups in total. The highest BCUT2D eigenvalue weighted by Crippen LogP contribution is 2.35. The van der Waals surface area contributed by atoms with Crippen LogP contribution in [0.2, 0.25) is 0 Å². The molecule has 3 heteroatoms. The molecule has 12 heavy (non-hydrogen) atoms. The lowest BCUT2D eigenvalue weighted by Gasteiger charge is -2.12. The lowest BCUT2D eigenvalue weighted by atomic mass is 10.1. The van der Waals surface area contributed by atoms with Crippen LogP contribution < -0.4 is 0 Å². The second-order valence-electron chi connectivity index (χ2n) is 4.27. The molecule has 70 valence electrons. The summed E-state index contributed by atoms with van der Waals surface area (Å²) in [5, 5.41) is 11.0. The molecule has 2 fully saturated rings. The Balaban J connectivity index is 1.90. The van der Waals surface area contributed by atoms with Crippen molar-refractivity contribution in [2.45, 2.75) is 38.9 Å². The normalized spacial score (nSPS) is 42.5. The second kappa shape index (κ2) is 2.98. The summed E-state index contributed by atoms with van der Waals surface area (Å²) >= 11 is 0. The van der Waals surface area contributed by atoms with E-state index in [9.17, 15) is 5.21 Å². The van der Waals surface area contributed by atoms with Gasteiger partial charge in [0.1, 0.15) is 6.17 Å². The van der Waals surface area contributed by atoms with E-state index >= 15 is 0 Å². The predicted molar refractivity (Wildman–Crippen MR) is 46.8 cm³/mol. The zero-order valence-corrected chi connectivity index (χ0v) is 7.90. The Morgan fingerprint density at radius 2 is 1.83 bits per heavy atom. The van der Waals surface area contributed by atoms with Crippen molar-refractivity contribution >= 4 is 0 Å². The molecule has 0 bridgehead atoms. The minimum atomic E-state index is 0.340. The predicted octanol–water partition coefficient (Wildman–Crippen LogP) is 1.14. The lowest BCUT2D eigenvalue weighted by molar-refractivity contribution is -0.0212. The van der Waals surface area contributed by atoms with E-state index in [1.807, 2.05) is 0 Å². The Kier molecular flexibility index (Phi) is 2.10. The summed E-state index contributed by atoms with van der Waals surface area (Å²) in [6.07, 6.45) is 2.94. The summed E-state index contributed by atoms with van der Waals surface area (Å²) in [6, 6.07) is 0.392. The first-order valence-corrected chi connectivity index (χ1v) is 4.93. The van der Waals surface area contributed by atoms with Crippen LogP contribution in [0.1, 0.15) is 26.7 Å². The van der Waals surface area contributed by atoms with Crippen LogP contribution in [0.4, 0.5) is 0 Å². The van der Waals surface area contributed by atoms with Crippen molar-refractivity contribution < 1.29 is 5.21 Å². The highest BCUT2D eigenvalue weighted by atomic mass is 16.5. The summed E-state index contributed by atoms with van der Waals surface area (Å²) in [6.45, 7) is 6.68. The van der Waals surface area contributed by atoms with Gasteiger partial charge in [0.2, 0.25) is 0 Å². The second-order valence-corrected chi connectivity index (χ2v) is 4.27. The van der Waals surface area contributed by atoms with Gasteiger partial charge in [-0.3, -0.25) is 4.90 Å². The van der Waals surface area contributed by atoms with Crippen LogP contribution in [0.5, 0.6) is 0 Å². The third kappa shape index (κ3) is 1.26. The minimum Gasteiger partial charge on any atom is -0.312 e. The molecule has 3 atom stereocenters. The third-order valence-electron chi connectivity index (χ3n) is 2.99. The van der Waals surface area contributed by atoms with Crippen LogP contribution in [0.3, 0.4) is 0 Å². The largest absolute Gasteiger partial charge is 0.312 e. The van der Waals surface area contributed by atoms with E-state index in [1.54, 1.807) is 0 Å². The monoisotopic (exact) mass is 170 g/mol. The van der Waals surface area contributed by atoms with E-state index in [2.05, 4.69) is 18.7 Å². The third-order valence-corrected chi connectivity index (χ3v) is 2.99. The fraction of sp³-hybridized carbons (Fsp3) is 1.00. The fourth-order valence-corrected chi connectivity index (χ4v) is 2.26. The van der Waals surface area contributed by atoms with Crippen LogP contribution in [0.25, 0.3) is 0 Å². The maximum Gasteiger partial charge on any atom is 0.105 e. The van der Waals surface area contributed by atoms with Gasteiger partial charge in [-0.1, -0.05) is 13.8 Å². The zero-order valence-electron chi connectivity index (χ0n) is 7.90. The number of rotatable bonds is 2. The molecule has 0 aromatic carbocycles. The first kappa shape index (κ1) is 8.48. The van der Waals surface area contributed by atoms with Gasteiger partial charge in [-0.2, -0.15) is 5.06 Å². The first-order chi connectivity index (χ1) is 5.72. The van der Waals surface area contributed by atoms with Crippen LogP contribution in [0.15, 0.2) is 0 Å². The number of hydrogen-bond donors (Lipinski definition) is 1. The summed E-state index contributed by atoms with van der Waals surface area (Å²) in [5.74, 6) is 0.570. The molecule has 2 aliphatic heterocycles. The molecule has 2 aliphatic rings. The average molecular weight is 170 g/mol. The molecule has 2 heterocycles. The van der Waals surface area contributed by atoms with Crippen molar-refractivity contribution in [3.8, 4) is 0 Å². The maximum absolute atomic E-state index is 9.51. The van der Waals surface area contributed by atoms with Gasteiger partial charge in [-0.25, -0.2) is 0 Å². The summed E-state index contributed by atoms with van der Waals surface area (Å²) in [5.41, 5.74) is 0.